The summed E-state index contributed by atoms with van der Waals surface area (Å²) >= 11 is 0. The van der Waals surface area contributed by atoms with Gasteiger partial charge in [0, 0.05) is 31.8 Å². The molecule has 3 heteroatoms. The summed E-state index contributed by atoms with van der Waals surface area (Å²) in [6.07, 6.45) is 6.16. The Balaban J connectivity index is 2.02. The van der Waals surface area contributed by atoms with E-state index in [4.69, 9.17) is 5.26 Å². The van der Waals surface area contributed by atoms with E-state index in [-0.39, 0.29) is 0 Å². The topological polar surface area (TPSA) is 41.6 Å². The van der Waals surface area contributed by atoms with E-state index in [1.54, 1.807) is 0 Å². The Hall–Kier alpha value is -2.08. The van der Waals surface area contributed by atoms with Crippen molar-refractivity contribution in [2.45, 2.75) is 25.8 Å². The molecule has 0 spiro atoms. The fourth-order valence-electron chi connectivity index (χ4n) is 1.82. The number of nitrogens with zero attached hydrogens (tertiary/aromatic N) is 3. The Morgan fingerprint density at radius 1 is 1.24 bits per heavy atom. The minimum absolute atomic E-state index is 0.595. The summed E-state index contributed by atoms with van der Waals surface area (Å²) in [5, 5.41) is 8.52. The van der Waals surface area contributed by atoms with Crippen LogP contribution in [0.1, 0.15) is 24.2 Å². The van der Waals surface area contributed by atoms with Crippen LogP contribution in [0.15, 0.2) is 42.7 Å². The first-order valence-corrected chi connectivity index (χ1v) is 5.81. The molecule has 2 rings (SSSR count). The Morgan fingerprint density at radius 2 is 2.06 bits per heavy atom. The smallest absolute Gasteiger partial charge is 0.108 e. The molecule has 0 saturated heterocycles. The third kappa shape index (κ3) is 3.18. The highest BCUT2D eigenvalue weighted by molar-refractivity contribution is 5.15. The molecule has 0 aliphatic rings. The second-order valence-corrected chi connectivity index (χ2v) is 3.97. The van der Waals surface area contributed by atoms with E-state index >= 15 is 0 Å². The summed E-state index contributed by atoms with van der Waals surface area (Å²) in [6.45, 7) is 0.850. The van der Waals surface area contributed by atoms with E-state index < -0.39 is 0 Å². The van der Waals surface area contributed by atoms with Crippen LogP contribution in [0.5, 0.6) is 0 Å². The second kappa shape index (κ2) is 5.86. The van der Waals surface area contributed by atoms with Gasteiger partial charge in [0.05, 0.1) is 6.07 Å². The lowest BCUT2D eigenvalue weighted by atomic mass is 10.2. The zero-order valence-corrected chi connectivity index (χ0v) is 9.71. The molecular weight excluding hydrogens is 210 g/mol. The average molecular weight is 225 g/mol. The lowest BCUT2D eigenvalue weighted by molar-refractivity contribution is 0.692. The molecule has 17 heavy (non-hydrogen) atoms. The third-order valence-electron chi connectivity index (χ3n) is 2.69. The fourth-order valence-corrected chi connectivity index (χ4v) is 1.82. The van der Waals surface area contributed by atoms with E-state index in [2.05, 4.69) is 27.8 Å². The van der Waals surface area contributed by atoms with Crippen LogP contribution in [-0.2, 0) is 13.0 Å². The highest BCUT2D eigenvalue weighted by Gasteiger charge is 2.02. The normalized spacial score (nSPS) is 10.1. The number of benzene rings is 1. The van der Waals surface area contributed by atoms with Crippen LogP contribution in [0.2, 0.25) is 0 Å². The first-order chi connectivity index (χ1) is 8.40. The SMILES string of the molecule is N#CCCCc1nccn1Cc1ccccc1. The molecule has 1 aromatic carbocycles. The molecule has 2 aromatic rings. The van der Waals surface area contributed by atoms with Crippen molar-refractivity contribution in [1.29, 1.82) is 5.26 Å². The molecule has 0 bridgehead atoms. The molecule has 0 aliphatic heterocycles. The Kier molecular flexibility index (Phi) is 3.93. The van der Waals surface area contributed by atoms with E-state index in [1.807, 2.05) is 30.6 Å². The van der Waals surface area contributed by atoms with Crippen molar-refractivity contribution in [2.75, 3.05) is 0 Å². The second-order valence-electron chi connectivity index (χ2n) is 3.97. The van der Waals surface area contributed by atoms with Crippen LogP contribution >= 0.6 is 0 Å². The van der Waals surface area contributed by atoms with Crippen molar-refractivity contribution < 1.29 is 0 Å². The van der Waals surface area contributed by atoms with Gasteiger partial charge in [0.2, 0.25) is 0 Å². The van der Waals surface area contributed by atoms with Crippen LogP contribution < -0.4 is 0 Å². The summed E-state index contributed by atoms with van der Waals surface area (Å²) in [5.74, 6) is 1.06. The number of rotatable bonds is 5. The lowest BCUT2D eigenvalue weighted by Gasteiger charge is -2.07. The van der Waals surface area contributed by atoms with Crippen LogP contribution in [0.4, 0.5) is 0 Å². The van der Waals surface area contributed by atoms with Gasteiger partial charge in [-0.25, -0.2) is 4.98 Å². The van der Waals surface area contributed by atoms with Gasteiger partial charge in [0.15, 0.2) is 0 Å². The first kappa shape index (κ1) is 11.4. The number of hydrogen-bond donors (Lipinski definition) is 0. The van der Waals surface area contributed by atoms with Crippen molar-refractivity contribution in [1.82, 2.24) is 9.55 Å². The number of nitriles is 1. The van der Waals surface area contributed by atoms with E-state index in [0.29, 0.717) is 6.42 Å². The van der Waals surface area contributed by atoms with Gasteiger partial charge in [-0.05, 0) is 12.0 Å². The fraction of sp³-hybridized carbons (Fsp3) is 0.286. The summed E-state index contributed by atoms with van der Waals surface area (Å²) in [6, 6.07) is 12.5. The van der Waals surface area contributed by atoms with E-state index in [0.717, 1.165) is 25.2 Å². The van der Waals surface area contributed by atoms with E-state index in [9.17, 15) is 0 Å². The third-order valence-corrected chi connectivity index (χ3v) is 2.69. The number of unbranched alkanes of at least 4 members (excludes halogenated alkanes) is 1. The molecule has 0 saturated carbocycles. The van der Waals surface area contributed by atoms with Crippen molar-refractivity contribution in [3.05, 3.63) is 54.1 Å². The number of aromatic nitrogens is 2. The number of imidazole rings is 1. The van der Waals surface area contributed by atoms with Gasteiger partial charge in [-0.2, -0.15) is 5.26 Å². The van der Waals surface area contributed by atoms with Crippen LogP contribution in [0.25, 0.3) is 0 Å². The molecule has 1 heterocycles. The molecule has 86 valence electrons. The molecule has 0 fully saturated rings. The zero-order chi connectivity index (χ0) is 11.9. The summed E-state index contributed by atoms with van der Waals surface area (Å²) in [4.78, 5) is 4.34. The molecule has 0 unspecified atom stereocenters. The monoisotopic (exact) mass is 225 g/mol. The van der Waals surface area contributed by atoms with Crippen LogP contribution in [0.3, 0.4) is 0 Å². The quantitative estimate of drug-likeness (QED) is 0.734. The predicted molar refractivity (Wildman–Crippen MR) is 66.3 cm³/mol. The van der Waals surface area contributed by atoms with E-state index in [1.165, 1.54) is 5.56 Å². The van der Waals surface area contributed by atoms with Gasteiger partial charge in [0.25, 0.3) is 0 Å². The highest BCUT2D eigenvalue weighted by atomic mass is 15.1. The predicted octanol–water partition coefficient (Wildman–Crippen LogP) is 2.78. The molecular formula is C14H15N3. The summed E-state index contributed by atoms with van der Waals surface area (Å²) in [5.41, 5.74) is 1.27. The maximum absolute atomic E-state index is 8.52. The average Bonchev–Trinajstić information content (AvgIpc) is 2.79. The zero-order valence-electron chi connectivity index (χ0n) is 9.71. The standard InChI is InChI=1S/C14H15N3/c15-9-5-4-8-14-16-10-11-17(14)12-13-6-2-1-3-7-13/h1-3,6-7,10-11H,4-5,8,12H2. The Morgan fingerprint density at radius 3 is 2.82 bits per heavy atom. The Labute approximate surface area is 101 Å². The largest absolute Gasteiger partial charge is 0.331 e. The lowest BCUT2D eigenvalue weighted by Crippen LogP contribution is -2.04. The van der Waals surface area contributed by atoms with Crippen molar-refractivity contribution in [3.63, 3.8) is 0 Å². The first-order valence-electron chi connectivity index (χ1n) is 5.81. The molecule has 0 atom stereocenters. The van der Waals surface area contributed by atoms with Gasteiger partial charge in [-0.3, -0.25) is 0 Å². The summed E-state index contributed by atoms with van der Waals surface area (Å²) < 4.78 is 2.15. The molecule has 1 aromatic heterocycles. The van der Waals surface area contributed by atoms with Crippen molar-refractivity contribution in [3.8, 4) is 6.07 Å². The molecule has 0 N–H and O–H groups in total. The van der Waals surface area contributed by atoms with Gasteiger partial charge in [-0.15, -0.1) is 0 Å². The van der Waals surface area contributed by atoms with Gasteiger partial charge in [-0.1, -0.05) is 30.3 Å². The minimum Gasteiger partial charge on any atom is -0.331 e. The van der Waals surface area contributed by atoms with Crippen molar-refractivity contribution >= 4 is 0 Å². The number of hydrogen-bond acceptors (Lipinski definition) is 2. The van der Waals surface area contributed by atoms with Crippen LogP contribution in [0, 0.1) is 11.3 Å². The number of aryl methyl sites for hydroxylation is 1. The van der Waals surface area contributed by atoms with Gasteiger partial charge in [0.1, 0.15) is 5.82 Å². The van der Waals surface area contributed by atoms with Crippen LogP contribution in [-0.4, -0.2) is 9.55 Å². The Bertz CT molecular complexity index is 494. The molecule has 0 amide bonds. The van der Waals surface area contributed by atoms with Gasteiger partial charge >= 0.3 is 0 Å². The molecule has 3 nitrogen and oxygen atoms in total. The maximum atomic E-state index is 8.52. The van der Waals surface area contributed by atoms with Gasteiger partial charge < -0.3 is 4.57 Å². The van der Waals surface area contributed by atoms with Crippen molar-refractivity contribution in [2.24, 2.45) is 0 Å². The highest BCUT2D eigenvalue weighted by Crippen LogP contribution is 2.07. The minimum atomic E-state index is 0.595. The maximum Gasteiger partial charge on any atom is 0.108 e. The molecule has 0 aliphatic carbocycles. The molecule has 0 radical (unpaired) electrons. The summed E-state index contributed by atoms with van der Waals surface area (Å²) in [7, 11) is 0.